The van der Waals surface area contributed by atoms with E-state index in [0.29, 0.717) is 12.6 Å². The molecule has 0 aromatic carbocycles. The lowest BCUT2D eigenvalue weighted by molar-refractivity contribution is -0.120. The molecule has 17 heavy (non-hydrogen) atoms. The zero-order chi connectivity index (χ0) is 12.3. The number of nitrogens with one attached hydrogen (secondary N) is 2. The third-order valence-corrected chi connectivity index (χ3v) is 3.19. The van der Waals surface area contributed by atoms with E-state index in [-0.39, 0.29) is 5.91 Å². The molecule has 0 unspecified atom stereocenters. The summed E-state index contributed by atoms with van der Waals surface area (Å²) in [5, 5.41) is 6.19. The second-order valence-electron chi connectivity index (χ2n) is 5.14. The first-order valence-corrected chi connectivity index (χ1v) is 7.33. The van der Waals surface area contributed by atoms with Crippen LogP contribution in [0.15, 0.2) is 0 Å². The highest BCUT2D eigenvalue weighted by molar-refractivity contribution is 5.78. The summed E-state index contributed by atoms with van der Waals surface area (Å²) >= 11 is 0. The number of carbonyl (C=O) groups is 1. The molecule has 0 heterocycles. The van der Waals surface area contributed by atoms with Gasteiger partial charge in [0, 0.05) is 6.04 Å². The maximum Gasteiger partial charge on any atom is 0.234 e. The SMILES string of the molecule is CCCCCCCCCNCC(=O)NC1CC1. The van der Waals surface area contributed by atoms with Crippen molar-refractivity contribution in [2.75, 3.05) is 13.1 Å². The van der Waals surface area contributed by atoms with Gasteiger partial charge in [-0.1, -0.05) is 45.4 Å². The van der Waals surface area contributed by atoms with E-state index in [2.05, 4.69) is 17.6 Å². The molecular weight excluding hydrogens is 212 g/mol. The largest absolute Gasteiger partial charge is 0.352 e. The molecule has 1 saturated carbocycles. The molecule has 0 aromatic heterocycles. The van der Waals surface area contributed by atoms with Gasteiger partial charge in [0.15, 0.2) is 0 Å². The molecule has 1 aliphatic carbocycles. The molecule has 1 aliphatic rings. The average molecular weight is 240 g/mol. The zero-order valence-corrected chi connectivity index (χ0v) is 11.3. The van der Waals surface area contributed by atoms with Crippen LogP contribution in [0, 0.1) is 0 Å². The minimum atomic E-state index is 0.162. The van der Waals surface area contributed by atoms with Crippen LogP contribution < -0.4 is 10.6 Å². The van der Waals surface area contributed by atoms with Gasteiger partial charge in [-0.2, -0.15) is 0 Å². The minimum absolute atomic E-state index is 0.162. The molecule has 2 N–H and O–H groups in total. The van der Waals surface area contributed by atoms with Crippen LogP contribution in [-0.4, -0.2) is 25.0 Å². The number of unbranched alkanes of at least 4 members (excludes halogenated alkanes) is 6. The molecule has 1 rings (SSSR count). The summed E-state index contributed by atoms with van der Waals surface area (Å²) in [6, 6.07) is 0.489. The molecule has 100 valence electrons. The molecule has 0 aliphatic heterocycles. The highest BCUT2D eigenvalue weighted by Gasteiger charge is 2.22. The maximum absolute atomic E-state index is 11.3. The fraction of sp³-hybridized carbons (Fsp3) is 0.929. The summed E-state index contributed by atoms with van der Waals surface area (Å²) < 4.78 is 0. The number of hydrogen-bond donors (Lipinski definition) is 2. The molecule has 3 nitrogen and oxygen atoms in total. The molecule has 0 spiro atoms. The Morgan fingerprint density at radius 1 is 1.06 bits per heavy atom. The van der Waals surface area contributed by atoms with Gasteiger partial charge in [0.25, 0.3) is 0 Å². The van der Waals surface area contributed by atoms with Gasteiger partial charge in [-0.3, -0.25) is 4.79 Å². The molecule has 0 radical (unpaired) electrons. The third kappa shape index (κ3) is 9.16. The van der Waals surface area contributed by atoms with E-state index < -0.39 is 0 Å². The third-order valence-electron chi connectivity index (χ3n) is 3.19. The molecule has 0 atom stereocenters. The van der Waals surface area contributed by atoms with E-state index in [1.54, 1.807) is 0 Å². The van der Waals surface area contributed by atoms with Crippen LogP contribution >= 0.6 is 0 Å². The van der Waals surface area contributed by atoms with Crippen molar-refractivity contribution in [1.82, 2.24) is 10.6 Å². The monoisotopic (exact) mass is 240 g/mol. The van der Waals surface area contributed by atoms with Crippen molar-refractivity contribution in [2.45, 2.75) is 70.8 Å². The van der Waals surface area contributed by atoms with Gasteiger partial charge in [0.2, 0.25) is 5.91 Å². The predicted molar refractivity (Wildman–Crippen MR) is 72.0 cm³/mol. The van der Waals surface area contributed by atoms with Crippen LogP contribution in [0.1, 0.15) is 64.7 Å². The minimum Gasteiger partial charge on any atom is -0.352 e. The van der Waals surface area contributed by atoms with Gasteiger partial charge >= 0.3 is 0 Å². The van der Waals surface area contributed by atoms with Crippen molar-refractivity contribution in [3.63, 3.8) is 0 Å². The van der Waals surface area contributed by atoms with Crippen LogP contribution in [0.3, 0.4) is 0 Å². The summed E-state index contributed by atoms with van der Waals surface area (Å²) in [4.78, 5) is 11.3. The summed E-state index contributed by atoms with van der Waals surface area (Å²) in [6.07, 6.45) is 11.6. The van der Waals surface area contributed by atoms with Crippen LogP contribution in [0.5, 0.6) is 0 Å². The van der Waals surface area contributed by atoms with Crippen molar-refractivity contribution >= 4 is 5.91 Å². The fourth-order valence-electron chi connectivity index (χ4n) is 1.92. The van der Waals surface area contributed by atoms with Crippen LogP contribution in [0.4, 0.5) is 0 Å². The number of hydrogen-bond acceptors (Lipinski definition) is 2. The fourth-order valence-corrected chi connectivity index (χ4v) is 1.92. The molecule has 0 saturated heterocycles. The van der Waals surface area contributed by atoms with Crippen molar-refractivity contribution in [3.05, 3.63) is 0 Å². The topological polar surface area (TPSA) is 41.1 Å². The Labute approximate surface area is 106 Å². The molecule has 3 heteroatoms. The van der Waals surface area contributed by atoms with E-state index >= 15 is 0 Å². The van der Waals surface area contributed by atoms with Gasteiger partial charge in [0.05, 0.1) is 6.54 Å². The van der Waals surface area contributed by atoms with Crippen molar-refractivity contribution in [1.29, 1.82) is 0 Å². The Bertz CT molecular complexity index is 202. The summed E-state index contributed by atoms with van der Waals surface area (Å²) in [6.45, 7) is 3.72. The van der Waals surface area contributed by atoms with Gasteiger partial charge in [-0.25, -0.2) is 0 Å². The van der Waals surface area contributed by atoms with E-state index in [1.807, 2.05) is 0 Å². The molecule has 0 aromatic rings. The van der Waals surface area contributed by atoms with Gasteiger partial charge in [-0.05, 0) is 25.8 Å². The maximum atomic E-state index is 11.3. The van der Waals surface area contributed by atoms with Crippen LogP contribution in [-0.2, 0) is 4.79 Å². The Morgan fingerprint density at radius 2 is 1.71 bits per heavy atom. The van der Waals surface area contributed by atoms with E-state index in [4.69, 9.17) is 0 Å². The van der Waals surface area contributed by atoms with Gasteiger partial charge < -0.3 is 10.6 Å². The predicted octanol–water partition coefficient (Wildman–Crippen LogP) is 2.61. The highest BCUT2D eigenvalue weighted by Crippen LogP contribution is 2.18. The average Bonchev–Trinajstić information content (AvgIpc) is 3.11. The Hall–Kier alpha value is -0.570. The molecular formula is C14H28N2O. The molecule has 0 bridgehead atoms. The van der Waals surface area contributed by atoms with Crippen molar-refractivity contribution in [3.8, 4) is 0 Å². The van der Waals surface area contributed by atoms with Gasteiger partial charge in [-0.15, -0.1) is 0 Å². The first-order chi connectivity index (χ1) is 8.33. The van der Waals surface area contributed by atoms with Crippen LogP contribution in [0.25, 0.3) is 0 Å². The summed E-state index contributed by atoms with van der Waals surface area (Å²) in [5.41, 5.74) is 0. The van der Waals surface area contributed by atoms with Crippen LogP contribution in [0.2, 0.25) is 0 Å². The first-order valence-electron chi connectivity index (χ1n) is 7.33. The first kappa shape index (κ1) is 14.5. The Morgan fingerprint density at radius 3 is 2.35 bits per heavy atom. The zero-order valence-electron chi connectivity index (χ0n) is 11.3. The number of amides is 1. The lowest BCUT2D eigenvalue weighted by atomic mass is 10.1. The highest BCUT2D eigenvalue weighted by atomic mass is 16.2. The van der Waals surface area contributed by atoms with E-state index in [0.717, 1.165) is 6.54 Å². The van der Waals surface area contributed by atoms with E-state index in [1.165, 1.54) is 57.8 Å². The van der Waals surface area contributed by atoms with Gasteiger partial charge in [0.1, 0.15) is 0 Å². The van der Waals surface area contributed by atoms with E-state index in [9.17, 15) is 4.79 Å². The number of rotatable bonds is 11. The normalized spacial score (nSPS) is 14.9. The summed E-state index contributed by atoms with van der Waals surface area (Å²) in [7, 11) is 0. The van der Waals surface area contributed by atoms with Crippen molar-refractivity contribution < 1.29 is 4.79 Å². The Balaban J connectivity index is 1.73. The smallest absolute Gasteiger partial charge is 0.234 e. The standard InChI is InChI=1S/C14H28N2O/c1-2-3-4-5-6-7-8-11-15-12-14(17)16-13-9-10-13/h13,15H,2-12H2,1H3,(H,16,17). The lowest BCUT2D eigenvalue weighted by Crippen LogP contribution is -2.35. The molecule has 1 amide bonds. The van der Waals surface area contributed by atoms with Crippen molar-refractivity contribution in [2.24, 2.45) is 0 Å². The number of carbonyl (C=O) groups excluding carboxylic acids is 1. The quantitative estimate of drug-likeness (QED) is 0.545. The second-order valence-corrected chi connectivity index (χ2v) is 5.14. The lowest BCUT2D eigenvalue weighted by Gasteiger charge is -2.05. The molecule has 1 fully saturated rings. The second kappa shape index (κ2) is 9.46. The Kier molecular flexibility index (Phi) is 8.06. The summed E-state index contributed by atoms with van der Waals surface area (Å²) in [5.74, 6) is 0.162.